The lowest BCUT2D eigenvalue weighted by atomic mass is 9.90. The molecule has 90 valence electrons. The average molecular weight is 227 g/mol. The van der Waals surface area contributed by atoms with Crippen LogP contribution in [0.25, 0.3) is 0 Å². The SMILES string of the molecule is C1=C2C[C@@H](NCc3ccccc3)C[C@H]2CCC1. The lowest BCUT2D eigenvalue weighted by Gasteiger charge is -2.16. The molecule has 1 aromatic carbocycles. The molecule has 2 atom stereocenters. The maximum absolute atomic E-state index is 3.71. The van der Waals surface area contributed by atoms with Gasteiger partial charge in [-0.15, -0.1) is 0 Å². The standard InChI is InChI=1S/C16H21N/c1-2-6-13(7-3-1)12-17-16-10-14-8-4-5-9-15(14)11-16/h1-3,6-8,15-17H,4-5,9-12H2/t15-,16-/m1/s1. The Labute approximate surface area is 104 Å². The van der Waals surface area contributed by atoms with Crippen molar-refractivity contribution in [3.8, 4) is 0 Å². The lowest BCUT2D eigenvalue weighted by Crippen LogP contribution is -2.25. The van der Waals surface area contributed by atoms with E-state index < -0.39 is 0 Å². The van der Waals surface area contributed by atoms with Crippen LogP contribution in [0.2, 0.25) is 0 Å². The van der Waals surface area contributed by atoms with Crippen molar-refractivity contribution in [3.05, 3.63) is 47.5 Å². The molecule has 1 heteroatoms. The van der Waals surface area contributed by atoms with Crippen LogP contribution < -0.4 is 5.32 Å². The minimum atomic E-state index is 0.713. The number of rotatable bonds is 3. The summed E-state index contributed by atoms with van der Waals surface area (Å²) in [5.41, 5.74) is 3.14. The molecule has 0 spiro atoms. The molecule has 0 aromatic heterocycles. The summed E-state index contributed by atoms with van der Waals surface area (Å²) >= 11 is 0. The average Bonchev–Trinajstić information content (AvgIpc) is 2.80. The monoisotopic (exact) mass is 227 g/mol. The highest BCUT2D eigenvalue weighted by Crippen LogP contribution is 2.38. The highest BCUT2D eigenvalue weighted by Gasteiger charge is 2.29. The molecule has 0 heterocycles. The van der Waals surface area contributed by atoms with Crippen LogP contribution in [0.5, 0.6) is 0 Å². The van der Waals surface area contributed by atoms with Crippen molar-refractivity contribution in [1.82, 2.24) is 5.32 Å². The smallest absolute Gasteiger partial charge is 0.0208 e. The maximum Gasteiger partial charge on any atom is 0.0208 e. The second kappa shape index (κ2) is 5.05. The Balaban J connectivity index is 1.54. The molecule has 0 radical (unpaired) electrons. The minimum absolute atomic E-state index is 0.713. The van der Waals surface area contributed by atoms with Crippen LogP contribution in [0, 0.1) is 5.92 Å². The topological polar surface area (TPSA) is 12.0 Å². The molecule has 0 unspecified atom stereocenters. The summed E-state index contributed by atoms with van der Waals surface area (Å²) in [5, 5.41) is 3.71. The van der Waals surface area contributed by atoms with Crippen molar-refractivity contribution in [2.24, 2.45) is 5.92 Å². The third kappa shape index (κ3) is 2.61. The van der Waals surface area contributed by atoms with Gasteiger partial charge in [0.15, 0.2) is 0 Å². The second-order valence-electron chi connectivity index (χ2n) is 5.41. The zero-order valence-electron chi connectivity index (χ0n) is 10.4. The fourth-order valence-electron chi connectivity index (χ4n) is 3.25. The number of benzene rings is 1. The van der Waals surface area contributed by atoms with Gasteiger partial charge in [0, 0.05) is 12.6 Å². The maximum atomic E-state index is 3.71. The summed E-state index contributed by atoms with van der Waals surface area (Å²) in [6, 6.07) is 11.4. The van der Waals surface area contributed by atoms with E-state index in [4.69, 9.17) is 0 Å². The van der Waals surface area contributed by atoms with Gasteiger partial charge in [-0.05, 0) is 43.6 Å². The van der Waals surface area contributed by atoms with E-state index in [0.717, 1.165) is 12.5 Å². The van der Waals surface area contributed by atoms with Crippen LogP contribution in [0.4, 0.5) is 0 Å². The molecule has 1 aromatic rings. The van der Waals surface area contributed by atoms with Crippen LogP contribution in [0.3, 0.4) is 0 Å². The Morgan fingerprint density at radius 3 is 2.88 bits per heavy atom. The number of allylic oxidation sites excluding steroid dienone is 1. The molecular formula is C16H21N. The van der Waals surface area contributed by atoms with Crippen LogP contribution >= 0.6 is 0 Å². The second-order valence-corrected chi connectivity index (χ2v) is 5.41. The van der Waals surface area contributed by atoms with Crippen LogP contribution in [-0.4, -0.2) is 6.04 Å². The molecule has 0 bridgehead atoms. The quantitative estimate of drug-likeness (QED) is 0.777. The summed E-state index contributed by atoms with van der Waals surface area (Å²) in [6.07, 6.45) is 9.29. The van der Waals surface area contributed by atoms with Gasteiger partial charge in [-0.1, -0.05) is 42.0 Å². The minimum Gasteiger partial charge on any atom is -0.310 e. The van der Waals surface area contributed by atoms with Crippen molar-refractivity contribution < 1.29 is 0 Å². The molecule has 2 aliphatic rings. The van der Waals surface area contributed by atoms with Crippen molar-refractivity contribution in [2.75, 3.05) is 0 Å². The van der Waals surface area contributed by atoms with Gasteiger partial charge >= 0.3 is 0 Å². The molecular weight excluding hydrogens is 206 g/mol. The van der Waals surface area contributed by atoms with E-state index in [1.807, 2.05) is 0 Å². The van der Waals surface area contributed by atoms with Gasteiger partial charge in [-0.25, -0.2) is 0 Å². The van der Waals surface area contributed by atoms with E-state index in [2.05, 4.69) is 41.7 Å². The summed E-state index contributed by atoms with van der Waals surface area (Å²) in [4.78, 5) is 0. The molecule has 17 heavy (non-hydrogen) atoms. The molecule has 1 N–H and O–H groups in total. The first kappa shape index (κ1) is 11.0. The Bertz CT molecular complexity index is 393. The van der Waals surface area contributed by atoms with E-state index in [9.17, 15) is 0 Å². The van der Waals surface area contributed by atoms with E-state index >= 15 is 0 Å². The third-order valence-corrected chi connectivity index (χ3v) is 4.18. The highest BCUT2D eigenvalue weighted by molar-refractivity contribution is 5.18. The largest absolute Gasteiger partial charge is 0.310 e. The molecule has 0 saturated heterocycles. The van der Waals surface area contributed by atoms with Gasteiger partial charge < -0.3 is 5.32 Å². The van der Waals surface area contributed by atoms with Crippen molar-refractivity contribution in [1.29, 1.82) is 0 Å². The molecule has 3 rings (SSSR count). The lowest BCUT2D eigenvalue weighted by molar-refractivity contribution is 0.463. The first-order chi connectivity index (χ1) is 8.42. The third-order valence-electron chi connectivity index (χ3n) is 4.18. The molecule has 1 saturated carbocycles. The van der Waals surface area contributed by atoms with Crippen LogP contribution in [0.15, 0.2) is 42.0 Å². The van der Waals surface area contributed by atoms with Gasteiger partial charge in [-0.2, -0.15) is 0 Å². The fraction of sp³-hybridized carbons (Fsp3) is 0.500. The predicted octanol–water partition coefficient (Wildman–Crippen LogP) is 3.67. The van der Waals surface area contributed by atoms with E-state index in [1.165, 1.54) is 37.7 Å². The summed E-state index contributed by atoms with van der Waals surface area (Å²) < 4.78 is 0. The van der Waals surface area contributed by atoms with E-state index in [-0.39, 0.29) is 0 Å². The summed E-state index contributed by atoms with van der Waals surface area (Å²) in [7, 11) is 0. The van der Waals surface area contributed by atoms with Gasteiger partial charge in [0.25, 0.3) is 0 Å². The van der Waals surface area contributed by atoms with Crippen molar-refractivity contribution in [3.63, 3.8) is 0 Å². The number of nitrogens with one attached hydrogen (secondary N) is 1. The van der Waals surface area contributed by atoms with Crippen LogP contribution in [-0.2, 0) is 6.54 Å². The van der Waals surface area contributed by atoms with Gasteiger partial charge in [0.05, 0.1) is 0 Å². The Kier molecular flexibility index (Phi) is 3.28. The Hall–Kier alpha value is -1.08. The van der Waals surface area contributed by atoms with E-state index in [0.29, 0.717) is 6.04 Å². The van der Waals surface area contributed by atoms with E-state index in [1.54, 1.807) is 5.57 Å². The first-order valence-corrected chi connectivity index (χ1v) is 6.88. The fourth-order valence-corrected chi connectivity index (χ4v) is 3.25. The molecule has 2 aliphatic carbocycles. The number of hydrogen-bond acceptors (Lipinski definition) is 1. The molecule has 1 fully saturated rings. The van der Waals surface area contributed by atoms with Gasteiger partial charge in [0.1, 0.15) is 0 Å². The predicted molar refractivity (Wildman–Crippen MR) is 71.7 cm³/mol. The van der Waals surface area contributed by atoms with Crippen LogP contribution in [0.1, 0.15) is 37.7 Å². The zero-order valence-corrected chi connectivity index (χ0v) is 10.4. The molecule has 0 aliphatic heterocycles. The van der Waals surface area contributed by atoms with Crippen molar-refractivity contribution >= 4 is 0 Å². The number of hydrogen-bond donors (Lipinski definition) is 1. The summed E-state index contributed by atoms with van der Waals surface area (Å²) in [5.74, 6) is 0.900. The van der Waals surface area contributed by atoms with Gasteiger partial charge in [-0.3, -0.25) is 0 Å². The Morgan fingerprint density at radius 2 is 2.06 bits per heavy atom. The van der Waals surface area contributed by atoms with Gasteiger partial charge in [0.2, 0.25) is 0 Å². The normalized spacial score (nSPS) is 27.6. The zero-order chi connectivity index (χ0) is 11.5. The Morgan fingerprint density at radius 1 is 1.18 bits per heavy atom. The highest BCUT2D eigenvalue weighted by atomic mass is 14.9. The molecule has 1 nitrogen and oxygen atoms in total. The molecule has 0 amide bonds. The van der Waals surface area contributed by atoms with Crippen molar-refractivity contribution in [2.45, 2.75) is 44.7 Å². The first-order valence-electron chi connectivity index (χ1n) is 6.88. The number of fused-ring (bicyclic) bond motifs is 1. The summed E-state index contributed by atoms with van der Waals surface area (Å²) in [6.45, 7) is 1.02.